The third kappa shape index (κ3) is 2.70. The van der Waals surface area contributed by atoms with Crippen LogP contribution in [0, 0.1) is 5.92 Å². The lowest BCUT2D eigenvalue weighted by molar-refractivity contribution is -0.121. The van der Waals surface area contributed by atoms with Crippen LogP contribution in [0.5, 0.6) is 0 Å². The fraction of sp³-hybridized carbons (Fsp3) is 0.333. The Bertz CT molecular complexity index is 526. The molecular formula is C15H17NO. The van der Waals surface area contributed by atoms with E-state index in [0.717, 1.165) is 11.8 Å². The van der Waals surface area contributed by atoms with E-state index in [9.17, 15) is 4.79 Å². The van der Waals surface area contributed by atoms with Gasteiger partial charge >= 0.3 is 0 Å². The maximum absolute atomic E-state index is 11.6. The van der Waals surface area contributed by atoms with Crippen molar-refractivity contribution in [2.24, 2.45) is 5.92 Å². The fourth-order valence-corrected chi connectivity index (χ4v) is 1.94. The van der Waals surface area contributed by atoms with Crippen LogP contribution < -0.4 is 0 Å². The molecule has 0 spiro atoms. The Morgan fingerprint density at radius 2 is 2.12 bits per heavy atom. The van der Waals surface area contributed by atoms with Crippen molar-refractivity contribution in [3.8, 4) is 0 Å². The van der Waals surface area contributed by atoms with Gasteiger partial charge in [-0.15, -0.1) is 0 Å². The first kappa shape index (κ1) is 11.8. The van der Waals surface area contributed by atoms with E-state index < -0.39 is 0 Å². The highest BCUT2D eigenvalue weighted by Gasteiger charge is 2.08. The number of rotatable bonds is 4. The van der Waals surface area contributed by atoms with E-state index in [4.69, 9.17) is 0 Å². The first-order chi connectivity index (χ1) is 8.18. The summed E-state index contributed by atoms with van der Waals surface area (Å²) >= 11 is 0. The number of pyridine rings is 1. The Balaban J connectivity index is 2.21. The molecule has 1 aromatic carbocycles. The van der Waals surface area contributed by atoms with E-state index in [1.165, 1.54) is 10.9 Å². The van der Waals surface area contributed by atoms with Gasteiger partial charge in [0.1, 0.15) is 5.78 Å². The van der Waals surface area contributed by atoms with E-state index in [0.29, 0.717) is 12.2 Å². The van der Waals surface area contributed by atoms with Crippen LogP contribution >= 0.6 is 0 Å². The van der Waals surface area contributed by atoms with Crippen LogP contribution in [0.25, 0.3) is 10.8 Å². The Kier molecular flexibility index (Phi) is 3.52. The molecule has 0 aliphatic carbocycles. The molecule has 2 aromatic rings. The lowest BCUT2D eigenvalue weighted by Gasteiger charge is -2.07. The van der Waals surface area contributed by atoms with Crippen LogP contribution in [0.15, 0.2) is 36.7 Å². The van der Waals surface area contributed by atoms with Crippen LogP contribution in [0.3, 0.4) is 0 Å². The minimum Gasteiger partial charge on any atom is -0.299 e. The standard InChI is InChI=1S/C15H17NO/c1-11(2)15(17)7-6-12-4-3-5-13-8-9-16-10-14(12)13/h3-5,8-11H,6-7H2,1-2H3. The molecule has 1 heterocycles. The molecule has 0 unspecified atom stereocenters. The average molecular weight is 227 g/mol. The highest BCUT2D eigenvalue weighted by Crippen LogP contribution is 2.19. The van der Waals surface area contributed by atoms with Gasteiger partial charge in [-0.3, -0.25) is 9.78 Å². The van der Waals surface area contributed by atoms with Crippen molar-refractivity contribution in [3.05, 3.63) is 42.2 Å². The molecule has 0 N–H and O–H groups in total. The number of benzene rings is 1. The van der Waals surface area contributed by atoms with Crippen molar-refractivity contribution in [2.45, 2.75) is 26.7 Å². The monoisotopic (exact) mass is 227 g/mol. The summed E-state index contributed by atoms with van der Waals surface area (Å²) < 4.78 is 0. The number of ketones is 1. The molecular weight excluding hydrogens is 210 g/mol. The number of nitrogens with zero attached hydrogens (tertiary/aromatic N) is 1. The number of hydrogen-bond donors (Lipinski definition) is 0. The zero-order valence-corrected chi connectivity index (χ0v) is 10.3. The van der Waals surface area contributed by atoms with E-state index >= 15 is 0 Å². The second kappa shape index (κ2) is 5.09. The summed E-state index contributed by atoms with van der Waals surface area (Å²) in [5, 5.41) is 2.35. The zero-order chi connectivity index (χ0) is 12.3. The molecule has 0 atom stereocenters. The largest absolute Gasteiger partial charge is 0.299 e. The Morgan fingerprint density at radius 3 is 2.88 bits per heavy atom. The van der Waals surface area contributed by atoms with Crippen molar-refractivity contribution in [1.82, 2.24) is 4.98 Å². The third-order valence-corrected chi connectivity index (χ3v) is 3.06. The molecule has 88 valence electrons. The summed E-state index contributed by atoms with van der Waals surface area (Å²) in [4.78, 5) is 15.8. The number of fused-ring (bicyclic) bond motifs is 1. The van der Waals surface area contributed by atoms with Gasteiger partial charge in [-0.1, -0.05) is 32.0 Å². The SMILES string of the molecule is CC(C)C(=O)CCc1cccc2ccncc12. The van der Waals surface area contributed by atoms with Gasteiger partial charge in [0, 0.05) is 30.1 Å². The normalized spacial score (nSPS) is 11.0. The van der Waals surface area contributed by atoms with Gasteiger partial charge in [-0.05, 0) is 23.4 Å². The topological polar surface area (TPSA) is 30.0 Å². The number of carbonyl (C=O) groups is 1. The van der Waals surface area contributed by atoms with Gasteiger partial charge < -0.3 is 0 Å². The number of aryl methyl sites for hydroxylation is 1. The Hall–Kier alpha value is -1.70. The van der Waals surface area contributed by atoms with Gasteiger partial charge in [-0.25, -0.2) is 0 Å². The fourth-order valence-electron chi connectivity index (χ4n) is 1.94. The summed E-state index contributed by atoms with van der Waals surface area (Å²) in [6, 6.07) is 8.20. The smallest absolute Gasteiger partial charge is 0.135 e. The number of carbonyl (C=O) groups excluding carboxylic acids is 1. The molecule has 17 heavy (non-hydrogen) atoms. The van der Waals surface area contributed by atoms with Crippen molar-refractivity contribution < 1.29 is 4.79 Å². The van der Waals surface area contributed by atoms with Crippen LogP contribution in [-0.4, -0.2) is 10.8 Å². The summed E-state index contributed by atoms with van der Waals surface area (Å²) in [5.74, 6) is 0.453. The average Bonchev–Trinajstić information content (AvgIpc) is 2.35. The summed E-state index contributed by atoms with van der Waals surface area (Å²) in [7, 11) is 0. The molecule has 0 aliphatic rings. The van der Waals surface area contributed by atoms with E-state index in [-0.39, 0.29) is 5.92 Å². The summed E-state index contributed by atoms with van der Waals surface area (Å²) in [6.45, 7) is 3.90. The quantitative estimate of drug-likeness (QED) is 0.801. The number of aromatic nitrogens is 1. The van der Waals surface area contributed by atoms with Crippen molar-refractivity contribution >= 4 is 16.6 Å². The molecule has 0 saturated carbocycles. The molecule has 2 nitrogen and oxygen atoms in total. The van der Waals surface area contributed by atoms with E-state index in [2.05, 4.69) is 17.1 Å². The predicted octanol–water partition coefficient (Wildman–Crippen LogP) is 3.39. The molecule has 0 saturated heterocycles. The van der Waals surface area contributed by atoms with Gasteiger partial charge in [-0.2, -0.15) is 0 Å². The molecule has 0 amide bonds. The number of hydrogen-bond acceptors (Lipinski definition) is 2. The van der Waals surface area contributed by atoms with Gasteiger partial charge in [0.25, 0.3) is 0 Å². The van der Waals surface area contributed by atoms with E-state index in [1.807, 2.05) is 32.2 Å². The first-order valence-electron chi connectivity index (χ1n) is 6.03. The maximum Gasteiger partial charge on any atom is 0.135 e. The van der Waals surface area contributed by atoms with Crippen molar-refractivity contribution in [3.63, 3.8) is 0 Å². The minimum atomic E-state index is 0.128. The lowest BCUT2D eigenvalue weighted by atomic mass is 9.98. The van der Waals surface area contributed by atoms with Crippen LogP contribution in [0.1, 0.15) is 25.8 Å². The summed E-state index contributed by atoms with van der Waals surface area (Å²) in [6.07, 6.45) is 5.10. The molecule has 1 aromatic heterocycles. The Labute approximate surface area is 102 Å². The van der Waals surface area contributed by atoms with Crippen LogP contribution in [0.2, 0.25) is 0 Å². The first-order valence-corrected chi connectivity index (χ1v) is 6.03. The molecule has 2 heteroatoms. The highest BCUT2D eigenvalue weighted by atomic mass is 16.1. The minimum absolute atomic E-state index is 0.128. The Morgan fingerprint density at radius 1 is 1.29 bits per heavy atom. The van der Waals surface area contributed by atoms with E-state index in [1.54, 1.807) is 6.20 Å². The van der Waals surface area contributed by atoms with Crippen molar-refractivity contribution in [1.29, 1.82) is 0 Å². The lowest BCUT2D eigenvalue weighted by Crippen LogP contribution is -2.07. The molecule has 0 radical (unpaired) electrons. The number of Topliss-reactive ketones (excluding diaryl/α,β-unsaturated/α-hetero) is 1. The van der Waals surface area contributed by atoms with Crippen LogP contribution in [0.4, 0.5) is 0 Å². The summed E-state index contributed by atoms with van der Waals surface area (Å²) in [5.41, 5.74) is 1.21. The van der Waals surface area contributed by atoms with Gasteiger partial charge in [0.05, 0.1) is 0 Å². The van der Waals surface area contributed by atoms with Crippen LogP contribution in [-0.2, 0) is 11.2 Å². The molecule has 0 fully saturated rings. The molecule has 0 bridgehead atoms. The van der Waals surface area contributed by atoms with Gasteiger partial charge in [0.2, 0.25) is 0 Å². The highest BCUT2D eigenvalue weighted by molar-refractivity contribution is 5.86. The van der Waals surface area contributed by atoms with Gasteiger partial charge in [0.15, 0.2) is 0 Å². The second-order valence-electron chi connectivity index (χ2n) is 4.63. The maximum atomic E-state index is 11.6. The third-order valence-electron chi connectivity index (χ3n) is 3.06. The molecule has 2 rings (SSSR count). The second-order valence-corrected chi connectivity index (χ2v) is 4.63. The predicted molar refractivity (Wildman–Crippen MR) is 69.9 cm³/mol. The van der Waals surface area contributed by atoms with Crippen molar-refractivity contribution in [2.75, 3.05) is 0 Å². The molecule has 0 aliphatic heterocycles. The zero-order valence-electron chi connectivity index (χ0n) is 10.3.